The number of benzene rings is 1. The van der Waals surface area contributed by atoms with Crippen LogP contribution in [0.5, 0.6) is 0 Å². The third-order valence-electron chi connectivity index (χ3n) is 2.90. The molecule has 0 spiro atoms. The Bertz CT molecular complexity index is 480. The molecule has 0 amide bonds. The van der Waals surface area contributed by atoms with Crippen molar-refractivity contribution >= 4 is 23.2 Å². The average molecular weight is 269 g/mol. The van der Waals surface area contributed by atoms with Gasteiger partial charge in [0.1, 0.15) is 0 Å². The normalized spacial score (nSPS) is 12.6. The van der Waals surface area contributed by atoms with Gasteiger partial charge in [-0.3, -0.25) is 0 Å². The minimum atomic E-state index is 0.430. The summed E-state index contributed by atoms with van der Waals surface area (Å²) in [4.78, 5) is 4.05. The highest BCUT2D eigenvalue weighted by molar-refractivity contribution is 6.42. The van der Waals surface area contributed by atoms with Gasteiger partial charge in [0.25, 0.3) is 0 Å². The zero-order valence-electron chi connectivity index (χ0n) is 9.61. The highest BCUT2D eigenvalue weighted by Crippen LogP contribution is 2.28. The molecule has 1 heterocycles. The molecule has 0 aliphatic heterocycles. The van der Waals surface area contributed by atoms with Gasteiger partial charge in [-0.05, 0) is 24.1 Å². The van der Waals surface area contributed by atoms with Crippen molar-refractivity contribution in [1.29, 1.82) is 0 Å². The van der Waals surface area contributed by atoms with E-state index < -0.39 is 0 Å². The maximum Gasteiger partial charge on any atom is 0.0946 e. The predicted molar refractivity (Wildman–Crippen MR) is 71.7 cm³/mol. The standard InChI is InChI=1S/C13H14Cl2N2/c1-2-10(8-17-6-5-16-9-17)11-3-4-12(14)13(15)7-11/h3-7,9-10H,2,8H2,1H3/t10-/m0/s1. The van der Waals surface area contributed by atoms with Crippen LogP contribution in [0.1, 0.15) is 24.8 Å². The second-order valence-electron chi connectivity index (χ2n) is 4.04. The molecule has 0 N–H and O–H groups in total. The van der Waals surface area contributed by atoms with Crippen LogP contribution in [0.15, 0.2) is 36.9 Å². The van der Waals surface area contributed by atoms with Crippen molar-refractivity contribution in [3.8, 4) is 0 Å². The van der Waals surface area contributed by atoms with Crippen LogP contribution in [0.4, 0.5) is 0 Å². The molecule has 0 fully saturated rings. The molecule has 0 radical (unpaired) electrons. The first-order valence-electron chi connectivity index (χ1n) is 5.61. The van der Waals surface area contributed by atoms with E-state index in [1.54, 1.807) is 6.20 Å². The van der Waals surface area contributed by atoms with Crippen LogP contribution in [0.3, 0.4) is 0 Å². The lowest BCUT2D eigenvalue weighted by atomic mass is 9.96. The van der Waals surface area contributed by atoms with Crippen molar-refractivity contribution in [2.45, 2.75) is 25.8 Å². The van der Waals surface area contributed by atoms with Gasteiger partial charge in [0.15, 0.2) is 0 Å². The Kier molecular flexibility index (Phi) is 4.08. The second kappa shape index (κ2) is 5.56. The Morgan fingerprint density at radius 2 is 2.12 bits per heavy atom. The third kappa shape index (κ3) is 3.02. The lowest BCUT2D eigenvalue weighted by Crippen LogP contribution is -2.07. The number of hydrogen-bond donors (Lipinski definition) is 0. The molecular weight excluding hydrogens is 255 g/mol. The van der Waals surface area contributed by atoms with Crippen LogP contribution < -0.4 is 0 Å². The summed E-state index contributed by atoms with van der Waals surface area (Å²) in [7, 11) is 0. The molecule has 0 saturated carbocycles. The Morgan fingerprint density at radius 1 is 1.29 bits per heavy atom. The number of imidazole rings is 1. The summed E-state index contributed by atoms with van der Waals surface area (Å²) in [5, 5.41) is 1.22. The Morgan fingerprint density at radius 3 is 2.71 bits per heavy atom. The Hall–Kier alpha value is -0.990. The smallest absolute Gasteiger partial charge is 0.0946 e. The molecule has 2 nitrogen and oxygen atoms in total. The van der Waals surface area contributed by atoms with Crippen molar-refractivity contribution < 1.29 is 0 Å². The molecule has 1 aromatic carbocycles. The molecular formula is C13H14Cl2N2. The zero-order chi connectivity index (χ0) is 12.3. The highest BCUT2D eigenvalue weighted by atomic mass is 35.5. The van der Waals surface area contributed by atoms with Crippen LogP contribution >= 0.6 is 23.2 Å². The minimum Gasteiger partial charge on any atom is -0.337 e. The topological polar surface area (TPSA) is 17.8 Å². The molecule has 2 aromatic rings. The van der Waals surface area contributed by atoms with Crippen molar-refractivity contribution in [2.24, 2.45) is 0 Å². The van der Waals surface area contributed by atoms with Gasteiger partial charge in [0.05, 0.1) is 16.4 Å². The maximum absolute atomic E-state index is 6.05. The molecule has 0 bridgehead atoms. The van der Waals surface area contributed by atoms with Crippen LogP contribution in [0.2, 0.25) is 10.0 Å². The van der Waals surface area contributed by atoms with Crippen LogP contribution in [0, 0.1) is 0 Å². The van der Waals surface area contributed by atoms with Gasteiger partial charge in [-0.15, -0.1) is 0 Å². The van der Waals surface area contributed by atoms with Gasteiger partial charge in [-0.25, -0.2) is 4.98 Å². The quantitative estimate of drug-likeness (QED) is 0.805. The van der Waals surface area contributed by atoms with Crippen molar-refractivity contribution in [1.82, 2.24) is 9.55 Å². The van der Waals surface area contributed by atoms with Gasteiger partial charge in [-0.2, -0.15) is 0 Å². The van der Waals surface area contributed by atoms with E-state index >= 15 is 0 Å². The molecule has 0 aliphatic carbocycles. The van der Waals surface area contributed by atoms with E-state index in [9.17, 15) is 0 Å². The summed E-state index contributed by atoms with van der Waals surface area (Å²) in [6, 6.07) is 5.85. The van der Waals surface area contributed by atoms with E-state index in [0.717, 1.165) is 13.0 Å². The van der Waals surface area contributed by atoms with E-state index in [1.807, 2.05) is 30.7 Å². The lowest BCUT2D eigenvalue weighted by molar-refractivity contribution is 0.545. The third-order valence-corrected chi connectivity index (χ3v) is 3.64. The fraction of sp³-hybridized carbons (Fsp3) is 0.308. The summed E-state index contributed by atoms with van der Waals surface area (Å²) in [5.41, 5.74) is 1.22. The Balaban J connectivity index is 2.20. The monoisotopic (exact) mass is 268 g/mol. The predicted octanol–water partition coefficient (Wildman–Crippen LogP) is 4.38. The molecule has 1 aromatic heterocycles. The molecule has 2 rings (SSSR count). The molecule has 0 unspecified atom stereocenters. The summed E-state index contributed by atoms with van der Waals surface area (Å²) >= 11 is 12.0. The fourth-order valence-electron chi connectivity index (χ4n) is 1.89. The summed E-state index contributed by atoms with van der Waals surface area (Å²) in [5.74, 6) is 0.430. The molecule has 1 atom stereocenters. The lowest BCUT2D eigenvalue weighted by Gasteiger charge is -2.16. The first-order chi connectivity index (χ1) is 8.20. The highest BCUT2D eigenvalue weighted by Gasteiger charge is 2.11. The first-order valence-corrected chi connectivity index (χ1v) is 6.37. The van der Waals surface area contributed by atoms with Crippen molar-refractivity contribution in [3.63, 3.8) is 0 Å². The number of rotatable bonds is 4. The van der Waals surface area contributed by atoms with Crippen LogP contribution in [-0.2, 0) is 6.54 Å². The fourth-order valence-corrected chi connectivity index (χ4v) is 2.19. The van der Waals surface area contributed by atoms with Crippen LogP contribution in [-0.4, -0.2) is 9.55 Å². The number of halogens is 2. The summed E-state index contributed by atoms with van der Waals surface area (Å²) in [6.45, 7) is 3.08. The first kappa shape index (κ1) is 12.5. The number of hydrogen-bond acceptors (Lipinski definition) is 1. The van der Waals surface area contributed by atoms with E-state index in [-0.39, 0.29) is 0 Å². The van der Waals surface area contributed by atoms with Gasteiger partial charge in [0, 0.05) is 24.9 Å². The van der Waals surface area contributed by atoms with Gasteiger partial charge < -0.3 is 4.57 Å². The molecule has 17 heavy (non-hydrogen) atoms. The SMILES string of the molecule is CC[C@@H](Cn1ccnc1)c1ccc(Cl)c(Cl)c1. The molecule has 90 valence electrons. The largest absolute Gasteiger partial charge is 0.337 e. The summed E-state index contributed by atoms with van der Waals surface area (Å²) in [6.07, 6.45) is 6.65. The van der Waals surface area contributed by atoms with Gasteiger partial charge in [-0.1, -0.05) is 36.2 Å². The number of aromatic nitrogens is 2. The number of nitrogens with zero attached hydrogens (tertiary/aromatic N) is 2. The van der Waals surface area contributed by atoms with Crippen molar-refractivity contribution in [3.05, 3.63) is 52.5 Å². The second-order valence-corrected chi connectivity index (χ2v) is 4.85. The van der Waals surface area contributed by atoms with Gasteiger partial charge >= 0.3 is 0 Å². The van der Waals surface area contributed by atoms with E-state index in [0.29, 0.717) is 16.0 Å². The van der Waals surface area contributed by atoms with E-state index in [2.05, 4.69) is 16.5 Å². The Labute approximate surface area is 111 Å². The maximum atomic E-state index is 6.05. The summed E-state index contributed by atoms with van der Waals surface area (Å²) < 4.78 is 2.08. The molecule has 0 saturated heterocycles. The van der Waals surface area contributed by atoms with E-state index in [4.69, 9.17) is 23.2 Å². The zero-order valence-corrected chi connectivity index (χ0v) is 11.1. The minimum absolute atomic E-state index is 0.430. The van der Waals surface area contributed by atoms with Crippen molar-refractivity contribution in [2.75, 3.05) is 0 Å². The van der Waals surface area contributed by atoms with Crippen LogP contribution in [0.25, 0.3) is 0 Å². The molecule has 0 aliphatic rings. The average Bonchev–Trinajstić information content (AvgIpc) is 2.82. The molecule has 4 heteroatoms. The van der Waals surface area contributed by atoms with E-state index in [1.165, 1.54) is 5.56 Å². The van der Waals surface area contributed by atoms with Gasteiger partial charge in [0.2, 0.25) is 0 Å².